The lowest BCUT2D eigenvalue weighted by atomic mass is 10.4. The number of alkyl halides is 2. The van der Waals surface area contributed by atoms with Gasteiger partial charge in [-0.15, -0.1) is 0 Å². The van der Waals surface area contributed by atoms with Gasteiger partial charge in [-0.25, -0.2) is 18.0 Å². The van der Waals surface area contributed by atoms with E-state index in [-0.39, 0.29) is 6.33 Å². The molecule has 0 atom stereocenters. The molecule has 0 bridgehead atoms. The highest BCUT2D eigenvalue weighted by atomic mass is 19.1. The van der Waals surface area contributed by atoms with E-state index < -0.39 is 25.1 Å². The Morgan fingerprint density at radius 1 is 1.27 bits per heavy atom. The van der Waals surface area contributed by atoms with Crippen molar-refractivity contribution in [2.75, 3.05) is 13.3 Å². The van der Waals surface area contributed by atoms with Crippen molar-refractivity contribution in [3.63, 3.8) is 0 Å². The van der Waals surface area contributed by atoms with Gasteiger partial charge in [-0.1, -0.05) is 0 Å². The van der Waals surface area contributed by atoms with Gasteiger partial charge in [0.25, 0.3) is 0 Å². The molecular formula is C5H7F3O3. The maximum atomic E-state index is 11.1. The largest absolute Gasteiger partial charge is 0.503 e. The van der Waals surface area contributed by atoms with E-state index in [2.05, 4.69) is 0 Å². The molecule has 3 nitrogen and oxygen atoms in total. The molecule has 0 aliphatic rings. The summed E-state index contributed by atoms with van der Waals surface area (Å²) in [5, 5.41) is 13.9. The number of rotatable bonds is 2. The first-order valence-corrected chi connectivity index (χ1v) is 2.40. The second-order valence-corrected chi connectivity index (χ2v) is 1.32. The maximum Gasteiger partial charge on any atom is 0.503 e. The molecule has 0 spiro atoms. The molecule has 0 unspecified atom stereocenters. The van der Waals surface area contributed by atoms with Gasteiger partial charge in [0.1, 0.15) is 13.3 Å². The van der Waals surface area contributed by atoms with Crippen LogP contribution in [0.5, 0.6) is 0 Å². The molecule has 0 aromatic carbocycles. The fraction of sp³-hybridized carbons (Fsp3) is 0.400. The van der Waals surface area contributed by atoms with E-state index in [0.29, 0.717) is 0 Å². The van der Waals surface area contributed by atoms with Crippen LogP contribution in [0.25, 0.3) is 0 Å². The average molecular weight is 172 g/mol. The summed E-state index contributed by atoms with van der Waals surface area (Å²) in [5.41, 5.74) is -0.444. The first-order chi connectivity index (χ1) is 5.08. The van der Waals surface area contributed by atoms with Crippen molar-refractivity contribution in [2.24, 2.45) is 0 Å². The minimum absolute atomic E-state index is 0.0556. The van der Waals surface area contributed by atoms with Gasteiger partial charge in [0.05, 0.1) is 6.33 Å². The zero-order valence-corrected chi connectivity index (χ0v) is 5.43. The van der Waals surface area contributed by atoms with E-state index in [1.54, 1.807) is 0 Å². The van der Waals surface area contributed by atoms with Crippen LogP contribution in [-0.2, 0) is 0 Å². The minimum atomic E-state index is -1.83. The van der Waals surface area contributed by atoms with Crippen LogP contribution in [0.2, 0.25) is 0 Å². The Morgan fingerprint density at radius 3 is 1.55 bits per heavy atom. The minimum Gasteiger partial charge on any atom is -0.450 e. The van der Waals surface area contributed by atoms with Crippen molar-refractivity contribution >= 4 is 6.16 Å². The molecule has 0 saturated carbocycles. The molecule has 0 aliphatic carbocycles. The highest BCUT2D eigenvalue weighted by Gasteiger charge is 1.91. The van der Waals surface area contributed by atoms with E-state index in [1.807, 2.05) is 0 Å². The van der Waals surface area contributed by atoms with Gasteiger partial charge < -0.3 is 10.2 Å². The fourth-order valence-corrected chi connectivity index (χ4v) is 0.0940. The Hall–Kier alpha value is -1.20. The lowest BCUT2D eigenvalue weighted by molar-refractivity contribution is 0.137. The molecule has 0 aromatic rings. The topological polar surface area (TPSA) is 57.5 Å². The highest BCUT2D eigenvalue weighted by molar-refractivity contribution is 5.53. The fourth-order valence-electron chi connectivity index (χ4n) is 0.0940. The Kier molecular flexibility index (Phi) is 9.98. The zero-order chi connectivity index (χ0) is 9.28. The predicted molar refractivity (Wildman–Crippen MR) is 31.8 cm³/mol. The summed E-state index contributed by atoms with van der Waals surface area (Å²) in [6.07, 6.45) is -1.89. The van der Waals surface area contributed by atoms with E-state index in [4.69, 9.17) is 15.0 Å². The Balaban J connectivity index is 0. The number of hydrogen-bond donors (Lipinski definition) is 2. The summed E-state index contributed by atoms with van der Waals surface area (Å²) in [6, 6.07) is 0. The van der Waals surface area contributed by atoms with Gasteiger partial charge in [-0.05, 0) is 0 Å². The third-order valence-corrected chi connectivity index (χ3v) is 0.498. The summed E-state index contributed by atoms with van der Waals surface area (Å²) >= 11 is 0. The molecule has 2 N–H and O–H groups in total. The summed E-state index contributed by atoms with van der Waals surface area (Å²) in [5.74, 6) is 0. The molecule has 0 aliphatic heterocycles. The van der Waals surface area contributed by atoms with E-state index in [0.717, 1.165) is 0 Å². The molecule has 0 fully saturated rings. The second-order valence-electron chi connectivity index (χ2n) is 1.32. The Labute approximate surface area is 60.8 Å². The van der Waals surface area contributed by atoms with Gasteiger partial charge in [-0.2, -0.15) is 0 Å². The van der Waals surface area contributed by atoms with Gasteiger partial charge in [-0.3, -0.25) is 0 Å². The first kappa shape index (κ1) is 12.5. The standard InChI is InChI=1S/C4H5F3.CH2O3/c5-1-4(2-6)3-7;2-1(3)4/h1H,2-3H2;(H2,2,3,4). The first-order valence-electron chi connectivity index (χ1n) is 2.40. The van der Waals surface area contributed by atoms with Gasteiger partial charge >= 0.3 is 6.16 Å². The SMILES string of the molecule is FC=C(CF)CF.O=C(O)O. The normalized spacial score (nSPS) is 7.55. The van der Waals surface area contributed by atoms with Crippen LogP contribution in [0, 0.1) is 0 Å². The molecule has 0 heterocycles. The summed E-state index contributed by atoms with van der Waals surface area (Å²) in [4.78, 5) is 8.56. The highest BCUT2D eigenvalue weighted by Crippen LogP contribution is 1.95. The number of hydrogen-bond acceptors (Lipinski definition) is 1. The second kappa shape index (κ2) is 8.80. The summed E-state index contributed by atoms with van der Waals surface area (Å²) in [6.45, 7) is -2.07. The third-order valence-electron chi connectivity index (χ3n) is 0.498. The van der Waals surface area contributed by atoms with Crippen LogP contribution < -0.4 is 0 Å². The lowest BCUT2D eigenvalue weighted by Gasteiger charge is -1.85. The molecule has 0 rings (SSSR count). The van der Waals surface area contributed by atoms with Crippen molar-refractivity contribution in [3.8, 4) is 0 Å². The number of carbonyl (C=O) groups is 1. The van der Waals surface area contributed by atoms with Crippen molar-refractivity contribution in [3.05, 3.63) is 11.9 Å². The number of carboxylic acid groups (broad SMARTS) is 2. The van der Waals surface area contributed by atoms with Crippen LogP contribution in [0.15, 0.2) is 11.9 Å². The molecule has 0 radical (unpaired) electrons. The van der Waals surface area contributed by atoms with Crippen molar-refractivity contribution in [2.45, 2.75) is 0 Å². The molecular weight excluding hydrogens is 165 g/mol. The van der Waals surface area contributed by atoms with Crippen molar-refractivity contribution < 1.29 is 28.2 Å². The predicted octanol–water partition coefficient (Wildman–Crippen LogP) is 2.00. The van der Waals surface area contributed by atoms with Crippen molar-refractivity contribution in [1.29, 1.82) is 0 Å². The monoisotopic (exact) mass is 172 g/mol. The number of halogens is 3. The Morgan fingerprint density at radius 2 is 1.55 bits per heavy atom. The molecule has 11 heavy (non-hydrogen) atoms. The van der Waals surface area contributed by atoms with Crippen LogP contribution >= 0.6 is 0 Å². The summed E-state index contributed by atoms with van der Waals surface area (Å²) in [7, 11) is 0. The Bertz CT molecular complexity index is 125. The molecule has 0 amide bonds. The van der Waals surface area contributed by atoms with E-state index in [9.17, 15) is 13.2 Å². The van der Waals surface area contributed by atoms with Crippen LogP contribution in [0.1, 0.15) is 0 Å². The van der Waals surface area contributed by atoms with Gasteiger partial charge in [0.15, 0.2) is 0 Å². The molecule has 0 saturated heterocycles. The summed E-state index contributed by atoms with van der Waals surface area (Å²) < 4.78 is 33.2. The maximum absolute atomic E-state index is 11.1. The van der Waals surface area contributed by atoms with Crippen LogP contribution in [0.4, 0.5) is 18.0 Å². The van der Waals surface area contributed by atoms with Crippen LogP contribution in [0.3, 0.4) is 0 Å². The molecule has 66 valence electrons. The lowest BCUT2D eigenvalue weighted by Crippen LogP contribution is -1.84. The quantitative estimate of drug-likeness (QED) is 0.669. The third kappa shape index (κ3) is 17.7. The smallest absolute Gasteiger partial charge is 0.450 e. The number of allylic oxidation sites excluding steroid dienone is 1. The zero-order valence-electron chi connectivity index (χ0n) is 5.43. The molecule has 0 aromatic heterocycles. The van der Waals surface area contributed by atoms with E-state index >= 15 is 0 Å². The van der Waals surface area contributed by atoms with E-state index in [1.165, 1.54) is 0 Å². The van der Waals surface area contributed by atoms with Gasteiger partial charge in [0.2, 0.25) is 0 Å². The van der Waals surface area contributed by atoms with Gasteiger partial charge in [0, 0.05) is 5.57 Å². The van der Waals surface area contributed by atoms with Crippen molar-refractivity contribution in [1.82, 2.24) is 0 Å². The van der Waals surface area contributed by atoms with Crippen LogP contribution in [-0.4, -0.2) is 29.7 Å². The average Bonchev–Trinajstić information content (AvgIpc) is 1.90. The molecule has 6 heteroatoms.